The van der Waals surface area contributed by atoms with Gasteiger partial charge in [0.25, 0.3) is 0 Å². The van der Waals surface area contributed by atoms with Crippen LogP contribution < -0.4 is 5.32 Å². The van der Waals surface area contributed by atoms with E-state index in [1.165, 1.54) is 0 Å². The van der Waals surface area contributed by atoms with Gasteiger partial charge in [0.05, 0.1) is 5.69 Å². The smallest absolute Gasteiger partial charge is 0.320 e. The number of carboxylic acid groups (broad SMARTS) is 1. The molecule has 0 radical (unpaired) electrons. The molecular formula is C13H20N2O2. The maximum Gasteiger partial charge on any atom is 0.320 e. The molecule has 0 aromatic carbocycles. The summed E-state index contributed by atoms with van der Waals surface area (Å²) in [5.74, 6) is -0.785. The Kier molecular flexibility index (Phi) is 5.63. The van der Waals surface area contributed by atoms with Gasteiger partial charge in [0.15, 0.2) is 0 Å². The number of hydrogen-bond acceptors (Lipinski definition) is 3. The maximum absolute atomic E-state index is 11.0. The summed E-state index contributed by atoms with van der Waals surface area (Å²) in [6.45, 7) is 4.54. The Morgan fingerprint density at radius 2 is 2.35 bits per heavy atom. The predicted octanol–water partition coefficient (Wildman–Crippen LogP) is 2.12. The molecule has 0 saturated carbocycles. The minimum absolute atomic E-state index is 0.476. The number of pyridine rings is 1. The molecule has 1 heterocycles. The number of carboxylic acids is 1. The van der Waals surface area contributed by atoms with Gasteiger partial charge in [0, 0.05) is 12.7 Å². The van der Waals surface area contributed by atoms with Gasteiger partial charge in [0.1, 0.15) is 6.04 Å². The van der Waals surface area contributed by atoms with Crippen LogP contribution in [0.25, 0.3) is 0 Å². The summed E-state index contributed by atoms with van der Waals surface area (Å²) in [4.78, 5) is 15.3. The largest absolute Gasteiger partial charge is 0.480 e. The maximum atomic E-state index is 11.0. The second kappa shape index (κ2) is 7.01. The molecule has 1 aromatic heterocycles. The zero-order chi connectivity index (χ0) is 12.7. The number of aliphatic carboxylic acids is 1. The molecule has 1 rings (SSSR count). The van der Waals surface area contributed by atoms with Gasteiger partial charge in [-0.25, -0.2) is 0 Å². The molecule has 17 heavy (non-hydrogen) atoms. The summed E-state index contributed by atoms with van der Waals surface area (Å²) >= 11 is 0. The topological polar surface area (TPSA) is 62.2 Å². The van der Waals surface area contributed by atoms with Crippen LogP contribution in [-0.2, 0) is 11.3 Å². The van der Waals surface area contributed by atoms with Crippen molar-refractivity contribution in [3.63, 3.8) is 0 Å². The van der Waals surface area contributed by atoms with E-state index in [1.807, 2.05) is 19.1 Å². The van der Waals surface area contributed by atoms with Gasteiger partial charge in [-0.05, 0) is 25.0 Å². The highest BCUT2D eigenvalue weighted by Gasteiger charge is 2.16. The predicted molar refractivity (Wildman–Crippen MR) is 66.8 cm³/mol. The summed E-state index contributed by atoms with van der Waals surface area (Å²) in [6, 6.07) is 3.38. The monoisotopic (exact) mass is 236 g/mol. The van der Waals surface area contributed by atoms with Gasteiger partial charge in [0.2, 0.25) is 0 Å². The lowest BCUT2D eigenvalue weighted by molar-refractivity contribution is -0.139. The first kappa shape index (κ1) is 13.6. The highest BCUT2D eigenvalue weighted by atomic mass is 16.4. The molecule has 4 nitrogen and oxygen atoms in total. The van der Waals surface area contributed by atoms with Crippen molar-refractivity contribution in [2.24, 2.45) is 0 Å². The van der Waals surface area contributed by atoms with Crippen LogP contribution in [0.1, 0.15) is 37.4 Å². The zero-order valence-corrected chi connectivity index (χ0v) is 10.4. The Balaban J connectivity index is 2.52. The lowest BCUT2D eigenvalue weighted by Gasteiger charge is -2.14. The number of nitrogens with zero attached hydrogens (tertiary/aromatic N) is 1. The van der Waals surface area contributed by atoms with E-state index in [1.54, 1.807) is 6.20 Å². The van der Waals surface area contributed by atoms with Crippen LogP contribution in [0.2, 0.25) is 0 Å². The molecule has 0 bridgehead atoms. The summed E-state index contributed by atoms with van der Waals surface area (Å²) in [7, 11) is 0. The molecule has 4 heteroatoms. The summed E-state index contributed by atoms with van der Waals surface area (Å²) in [6.07, 6.45) is 4.32. The molecule has 1 aromatic rings. The van der Waals surface area contributed by atoms with Crippen molar-refractivity contribution in [3.8, 4) is 0 Å². The van der Waals surface area contributed by atoms with E-state index < -0.39 is 12.0 Å². The summed E-state index contributed by atoms with van der Waals surface area (Å²) in [5, 5.41) is 12.1. The lowest BCUT2D eigenvalue weighted by Crippen LogP contribution is -2.36. The minimum atomic E-state index is -0.785. The average molecular weight is 236 g/mol. The van der Waals surface area contributed by atoms with Crippen molar-refractivity contribution in [3.05, 3.63) is 29.6 Å². The molecule has 0 aliphatic carbocycles. The van der Waals surface area contributed by atoms with Crippen molar-refractivity contribution in [1.82, 2.24) is 10.3 Å². The van der Waals surface area contributed by atoms with Gasteiger partial charge in [-0.3, -0.25) is 15.1 Å². The normalized spacial score (nSPS) is 12.4. The molecular weight excluding hydrogens is 216 g/mol. The number of aromatic nitrogens is 1. The van der Waals surface area contributed by atoms with Gasteiger partial charge in [-0.15, -0.1) is 0 Å². The number of rotatable bonds is 7. The van der Waals surface area contributed by atoms with Crippen LogP contribution in [0.4, 0.5) is 0 Å². The number of carbonyl (C=O) groups is 1. The minimum Gasteiger partial charge on any atom is -0.480 e. The van der Waals surface area contributed by atoms with Gasteiger partial charge in [-0.2, -0.15) is 0 Å². The Morgan fingerprint density at radius 1 is 1.59 bits per heavy atom. The van der Waals surface area contributed by atoms with E-state index in [9.17, 15) is 4.79 Å². The zero-order valence-electron chi connectivity index (χ0n) is 10.4. The SMILES string of the molecule is CCCCC(NCc1ncccc1C)C(=O)O. The molecule has 1 atom stereocenters. The fourth-order valence-corrected chi connectivity index (χ4v) is 1.64. The van der Waals surface area contributed by atoms with E-state index in [2.05, 4.69) is 17.2 Å². The number of hydrogen-bond donors (Lipinski definition) is 2. The second-order valence-corrected chi connectivity index (χ2v) is 4.18. The fourth-order valence-electron chi connectivity index (χ4n) is 1.64. The van der Waals surface area contributed by atoms with Crippen LogP contribution in [0, 0.1) is 6.92 Å². The Hall–Kier alpha value is -1.42. The van der Waals surface area contributed by atoms with Crippen molar-refractivity contribution < 1.29 is 9.90 Å². The van der Waals surface area contributed by atoms with Crippen molar-refractivity contribution in [2.75, 3.05) is 0 Å². The van der Waals surface area contributed by atoms with E-state index in [4.69, 9.17) is 5.11 Å². The number of nitrogens with one attached hydrogen (secondary N) is 1. The van der Waals surface area contributed by atoms with Gasteiger partial charge >= 0.3 is 5.97 Å². The average Bonchev–Trinajstić information content (AvgIpc) is 2.31. The van der Waals surface area contributed by atoms with Crippen molar-refractivity contribution in [2.45, 2.75) is 45.7 Å². The first-order valence-corrected chi connectivity index (χ1v) is 6.01. The third-order valence-corrected chi connectivity index (χ3v) is 2.78. The van der Waals surface area contributed by atoms with Crippen molar-refractivity contribution >= 4 is 5.97 Å². The Bertz CT molecular complexity index is 366. The van der Waals surface area contributed by atoms with Crippen LogP contribution in [-0.4, -0.2) is 22.1 Å². The Labute approximate surface area is 102 Å². The summed E-state index contributed by atoms with van der Waals surface area (Å²) < 4.78 is 0. The standard InChI is InChI=1S/C13H20N2O2/c1-3-4-7-11(13(16)17)15-9-12-10(2)6-5-8-14-12/h5-6,8,11,15H,3-4,7,9H2,1-2H3,(H,16,17). The van der Waals surface area contributed by atoms with E-state index in [0.717, 1.165) is 24.1 Å². The molecule has 0 amide bonds. The van der Waals surface area contributed by atoms with Gasteiger partial charge in [-0.1, -0.05) is 25.8 Å². The third kappa shape index (κ3) is 4.53. The first-order valence-electron chi connectivity index (χ1n) is 6.01. The van der Waals surface area contributed by atoms with Crippen molar-refractivity contribution in [1.29, 1.82) is 0 Å². The lowest BCUT2D eigenvalue weighted by atomic mass is 10.1. The Morgan fingerprint density at radius 3 is 2.94 bits per heavy atom. The number of unbranched alkanes of at least 4 members (excludes halogenated alkanes) is 1. The quantitative estimate of drug-likeness (QED) is 0.761. The summed E-state index contributed by atoms with van der Waals surface area (Å²) in [5.41, 5.74) is 2.00. The van der Waals surface area contributed by atoms with Crippen LogP contribution in [0.15, 0.2) is 18.3 Å². The second-order valence-electron chi connectivity index (χ2n) is 4.18. The van der Waals surface area contributed by atoms with E-state index >= 15 is 0 Å². The number of aryl methyl sites for hydroxylation is 1. The fraction of sp³-hybridized carbons (Fsp3) is 0.538. The van der Waals surface area contributed by atoms with Crippen LogP contribution in [0.3, 0.4) is 0 Å². The molecule has 0 aliphatic heterocycles. The first-order chi connectivity index (χ1) is 8.15. The van der Waals surface area contributed by atoms with Crippen LogP contribution >= 0.6 is 0 Å². The van der Waals surface area contributed by atoms with E-state index in [-0.39, 0.29) is 0 Å². The highest BCUT2D eigenvalue weighted by molar-refractivity contribution is 5.73. The third-order valence-electron chi connectivity index (χ3n) is 2.78. The molecule has 1 unspecified atom stereocenters. The van der Waals surface area contributed by atoms with Gasteiger partial charge < -0.3 is 5.11 Å². The van der Waals surface area contributed by atoms with Crippen LogP contribution in [0.5, 0.6) is 0 Å². The molecule has 94 valence electrons. The molecule has 0 saturated heterocycles. The molecule has 0 aliphatic rings. The molecule has 0 fully saturated rings. The van der Waals surface area contributed by atoms with E-state index in [0.29, 0.717) is 13.0 Å². The molecule has 0 spiro atoms. The molecule has 2 N–H and O–H groups in total. The highest BCUT2D eigenvalue weighted by Crippen LogP contribution is 2.05.